The second-order valence-corrected chi connectivity index (χ2v) is 5.08. The van der Waals surface area contributed by atoms with Gasteiger partial charge < -0.3 is 14.8 Å². The van der Waals surface area contributed by atoms with Gasteiger partial charge in [-0.05, 0) is 32.4 Å². The van der Waals surface area contributed by atoms with Gasteiger partial charge in [-0.1, -0.05) is 19.9 Å². The Morgan fingerprint density at radius 1 is 1.32 bits per heavy atom. The third-order valence-electron chi connectivity index (χ3n) is 2.59. The molecule has 1 rings (SSSR count). The van der Waals surface area contributed by atoms with Crippen molar-refractivity contribution in [2.45, 2.75) is 40.3 Å². The molecule has 1 unspecified atom stereocenters. The molecule has 19 heavy (non-hydrogen) atoms. The Hall–Kier alpha value is -1.13. The van der Waals surface area contributed by atoms with Crippen molar-refractivity contribution in [3.63, 3.8) is 0 Å². The smallest absolute Gasteiger partial charge is 0.218 e. The number of nitrogens with one attached hydrogen (secondary N) is 1. The van der Waals surface area contributed by atoms with E-state index < -0.39 is 0 Å². The average Bonchev–Trinajstić information content (AvgIpc) is 2.38. The standard InChI is InChI=1S/C15H26N2O2/c1-5-18-11-13(4)19-15-14(7-6-8-17-15)10-16-9-12(2)3/h6-8,12-13,16H,5,9-11H2,1-4H3. The summed E-state index contributed by atoms with van der Waals surface area (Å²) in [4.78, 5) is 4.31. The number of rotatable bonds is 9. The Bertz CT molecular complexity index is 356. The summed E-state index contributed by atoms with van der Waals surface area (Å²) in [6.07, 6.45) is 1.77. The first-order chi connectivity index (χ1) is 9.13. The summed E-state index contributed by atoms with van der Waals surface area (Å²) in [5.41, 5.74) is 1.09. The Morgan fingerprint density at radius 2 is 2.11 bits per heavy atom. The minimum atomic E-state index is 0.0127. The molecule has 1 atom stereocenters. The second-order valence-electron chi connectivity index (χ2n) is 5.08. The molecule has 0 fully saturated rings. The van der Waals surface area contributed by atoms with Crippen LogP contribution in [0.3, 0.4) is 0 Å². The van der Waals surface area contributed by atoms with Gasteiger partial charge in [0.2, 0.25) is 5.88 Å². The van der Waals surface area contributed by atoms with Crippen molar-refractivity contribution in [1.29, 1.82) is 0 Å². The van der Waals surface area contributed by atoms with Gasteiger partial charge in [-0.3, -0.25) is 0 Å². The predicted octanol–water partition coefficient (Wildman–Crippen LogP) is 2.63. The van der Waals surface area contributed by atoms with Crippen LogP contribution < -0.4 is 10.1 Å². The highest BCUT2D eigenvalue weighted by Gasteiger charge is 2.09. The van der Waals surface area contributed by atoms with Gasteiger partial charge in [0.05, 0.1) is 6.61 Å². The average molecular weight is 266 g/mol. The topological polar surface area (TPSA) is 43.4 Å². The number of pyridine rings is 1. The molecule has 0 aliphatic heterocycles. The molecule has 0 bridgehead atoms. The van der Waals surface area contributed by atoms with Gasteiger partial charge in [-0.25, -0.2) is 4.98 Å². The quantitative estimate of drug-likeness (QED) is 0.746. The Kier molecular flexibility index (Phi) is 7.45. The lowest BCUT2D eigenvalue weighted by Gasteiger charge is -2.16. The number of aromatic nitrogens is 1. The van der Waals surface area contributed by atoms with Crippen molar-refractivity contribution in [3.8, 4) is 5.88 Å². The van der Waals surface area contributed by atoms with E-state index in [4.69, 9.17) is 9.47 Å². The van der Waals surface area contributed by atoms with E-state index in [1.807, 2.05) is 26.0 Å². The summed E-state index contributed by atoms with van der Waals surface area (Å²) in [7, 11) is 0. The van der Waals surface area contributed by atoms with Gasteiger partial charge in [0, 0.05) is 24.9 Å². The highest BCUT2D eigenvalue weighted by Crippen LogP contribution is 2.15. The first-order valence-electron chi connectivity index (χ1n) is 7.02. The minimum absolute atomic E-state index is 0.0127. The van der Waals surface area contributed by atoms with E-state index in [9.17, 15) is 0 Å². The largest absolute Gasteiger partial charge is 0.472 e. The maximum atomic E-state index is 5.83. The van der Waals surface area contributed by atoms with Crippen LogP contribution in [0, 0.1) is 5.92 Å². The molecule has 4 heteroatoms. The molecule has 1 heterocycles. The number of hydrogen-bond donors (Lipinski definition) is 1. The second kappa shape index (κ2) is 8.88. The van der Waals surface area contributed by atoms with E-state index in [0.717, 1.165) is 18.7 Å². The van der Waals surface area contributed by atoms with E-state index in [0.29, 0.717) is 25.0 Å². The fourth-order valence-electron chi connectivity index (χ4n) is 1.67. The van der Waals surface area contributed by atoms with Crippen molar-refractivity contribution in [1.82, 2.24) is 10.3 Å². The zero-order valence-electron chi connectivity index (χ0n) is 12.5. The maximum Gasteiger partial charge on any atom is 0.218 e. The van der Waals surface area contributed by atoms with Crippen LogP contribution in [0.1, 0.15) is 33.3 Å². The lowest BCUT2D eigenvalue weighted by atomic mass is 10.2. The molecule has 4 nitrogen and oxygen atoms in total. The van der Waals surface area contributed by atoms with E-state index in [-0.39, 0.29) is 6.10 Å². The van der Waals surface area contributed by atoms with Crippen molar-refractivity contribution in [2.24, 2.45) is 5.92 Å². The van der Waals surface area contributed by atoms with Gasteiger partial charge in [-0.15, -0.1) is 0 Å². The normalized spacial score (nSPS) is 12.7. The first-order valence-corrected chi connectivity index (χ1v) is 7.02. The summed E-state index contributed by atoms with van der Waals surface area (Å²) < 4.78 is 11.2. The first kappa shape index (κ1) is 15.9. The maximum absolute atomic E-state index is 5.83. The fraction of sp³-hybridized carbons (Fsp3) is 0.667. The van der Waals surface area contributed by atoms with Crippen LogP contribution in [0.2, 0.25) is 0 Å². The molecule has 0 amide bonds. The summed E-state index contributed by atoms with van der Waals surface area (Å²) in [6.45, 7) is 11.4. The van der Waals surface area contributed by atoms with Crippen LogP contribution in [0.5, 0.6) is 5.88 Å². The Labute approximate surface area is 116 Å². The molecule has 1 aromatic rings. The third-order valence-corrected chi connectivity index (χ3v) is 2.59. The van der Waals surface area contributed by atoms with Gasteiger partial charge in [0.1, 0.15) is 6.10 Å². The third kappa shape index (κ3) is 6.55. The molecule has 108 valence electrons. The molecule has 1 N–H and O–H groups in total. The molecule has 0 aliphatic carbocycles. The molecule has 0 aliphatic rings. The molecular weight excluding hydrogens is 240 g/mol. The van der Waals surface area contributed by atoms with Gasteiger partial charge in [0.15, 0.2) is 0 Å². The van der Waals surface area contributed by atoms with Crippen LogP contribution in [-0.4, -0.2) is 30.8 Å². The SMILES string of the molecule is CCOCC(C)Oc1ncccc1CNCC(C)C. The summed E-state index contributed by atoms with van der Waals surface area (Å²) in [5, 5.41) is 3.41. The molecule has 1 aromatic heterocycles. The van der Waals surface area contributed by atoms with Crippen LogP contribution in [0.25, 0.3) is 0 Å². The van der Waals surface area contributed by atoms with Gasteiger partial charge in [0.25, 0.3) is 0 Å². The molecule has 0 spiro atoms. The van der Waals surface area contributed by atoms with E-state index in [2.05, 4.69) is 24.1 Å². The lowest BCUT2D eigenvalue weighted by Crippen LogP contribution is -2.23. The van der Waals surface area contributed by atoms with Crippen LogP contribution >= 0.6 is 0 Å². The number of hydrogen-bond acceptors (Lipinski definition) is 4. The van der Waals surface area contributed by atoms with Crippen molar-refractivity contribution >= 4 is 0 Å². The summed E-state index contributed by atoms with van der Waals surface area (Å²) in [5.74, 6) is 1.34. The highest BCUT2D eigenvalue weighted by molar-refractivity contribution is 5.25. The highest BCUT2D eigenvalue weighted by atomic mass is 16.5. The van der Waals surface area contributed by atoms with Crippen LogP contribution in [0.15, 0.2) is 18.3 Å². The van der Waals surface area contributed by atoms with Crippen molar-refractivity contribution < 1.29 is 9.47 Å². The monoisotopic (exact) mass is 266 g/mol. The molecule has 0 radical (unpaired) electrons. The Balaban J connectivity index is 2.52. The lowest BCUT2D eigenvalue weighted by molar-refractivity contribution is 0.0627. The number of ether oxygens (including phenoxy) is 2. The van der Waals surface area contributed by atoms with Crippen molar-refractivity contribution in [2.75, 3.05) is 19.8 Å². The number of nitrogens with zero attached hydrogens (tertiary/aromatic N) is 1. The van der Waals surface area contributed by atoms with Gasteiger partial charge in [-0.2, -0.15) is 0 Å². The van der Waals surface area contributed by atoms with Crippen molar-refractivity contribution in [3.05, 3.63) is 23.9 Å². The van der Waals surface area contributed by atoms with Crippen LogP contribution in [0.4, 0.5) is 0 Å². The van der Waals surface area contributed by atoms with Gasteiger partial charge >= 0.3 is 0 Å². The zero-order valence-corrected chi connectivity index (χ0v) is 12.5. The van der Waals surface area contributed by atoms with E-state index in [1.165, 1.54) is 0 Å². The molecule has 0 saturated carbocycles. The Morgan fingerprint density at radius 3 is 2.79 bits per heavy atom. The van der Waals surface area contributed by atoms with E-state index in [1.54, 1.807) is 6.20 Å². The summed E-state index contributed by atoms with van der Waals surface area (Å²) >= 11 is 0. The zero-order chi connectivity index (χ0) is 14.1. The molecule has 0 saturated heterocycles. The minimum Gasteiger partial charge on any atom is -0.472 e. The fourth-order valence-corrected chi connectivity index (χ4v) is 1.67. The van der Waals surface area contributed by atoms with E-state index >= 15 is 0 Å². The predicted molar refractivity (Wildman–Crippen MR) is 77.4 cm³/mol. The molecule has 0 aromatic carbocycles. The van der Waals surface area contributed by atoms with Crippen LogP contribution in [-0.2, 0) is 11.3 Å². The molecular formula is C15H26N2O2. The summed E-state index contributed by atoms with van der Waals surface area (Å²) in [6, 6.07) is 3.98.